The van der Waals surface area contributed by atoms with Crippen LogP contribution < -0.4 is 10.6 Å². The Kier molecular flexibility index (Phi) is 7.34. The van der Waals surface area contributed by atoms with Crippen molar-refractivity contribution >= 4 is 29.9 Å². The van der Waals surface area contributed by atoms with E-state index in [-0.39, 0.29) is 24.0 Å². The molecule has 4 heteroatoms. The molecule has 1 aliphatic rings. The predicted molar refractivity (Wildman–Crippen MR) is 97.0 cm³/mol. The normalized spacial score (nSPS) is 22.6. The first kappa shape index (κ1) is 17.3. The van der Waals surface area contributed by atoms with Gasteiger partial charge in [0.05, 0.1) is 0 Å². The topological polar surface area (TPSA) is 36.4 Å². The molecule has 0 aromatic heterocycles. The standard InChI is InChI=1S/C16H25N3.HI/c1-12(14-7-5-4-6-8-14)9-10-18-16(17-3)19-15-11-13(15)2;/h4-8,12-13,15H,9-11H2,1-3H3,(H2,17,18,19);1H. The highest BCUT2D eigenvalue weighted by molar-refractivity contribution is 14.0. The maximum atomic E-state index is 4.27. The van der Waals surface area contributed by atoms with Gasteiger partial charge in [0.25, 0.3) is 0 Å². The highest BCUT2D eigenvalue weighted by Crippen LogP contribution is 2.28. The lowest BCUT2D eigenvalue weighted by Gasteiger charge is -2.15. The molecular formula is C16H26IN3. The zero-order chi connectivity index (χ0) is 13.7. The van der Waals surface area contributed by atoms with E-state index in [9.17, 15) is 0 Å². The quantitative estimate of drug-likeness (QED) is 0.462. The third-order valence-corrected chi connectivity index (χ3v) is 3.89. The number of halogens is 1. The van der Waals surface area contributed by atoms with Gasteiger partial charge in [-0.3, -0.25) is 4.99 Å². The molecule has 2 N–H and O–H groups in total. The van der Waals surface area contributed by atoms with E-state index in [0.717, 1.165) is 24.8 Å². The van der Waals surface area contributed by atoms with Crippen molar-refractivity contribution in [2.75, 3.05) is 13.6 Å². The number of nitrogens with zero attached hydrogens (tertiary/aromatic N) is 1. The van der Waals surface area contributed by atoms with Crippen molar-refractivity contribution in [3.8, 4) is 0 Å². The van der Waals surface area contributed by atoms with E-state index < -0.39 is 0 Å². The first-order valence-corrected chi connectivity index (χ1v) is 7.23. The highest BCUT2D eigenvalue weighted by Gasteiger charge is 2.33. The molecule has 3 unspecified atom stereocenters. The lowest BCUT2D eigenvalue weighted by Crippen LogP contribution is -2.39. The van der Waals surface area contributed by atoms with Gasteiger partial charge in [-0.2, -0.15) is 0 Å². The highest BCUT2D eigenvalue weighted by atomic mass is 127. The second-order valence-corrected chi connectivity index (χ2v) is 5.56. The van der Waals surface area contributed by atoms with Gasteiger partial charge in [0.2, 0.25) is 0 Å². The third-order valence-electron chi connectivity index (χ3n) is 3.89. The summed E-state index contributed by atoms with van der Waals surface area (Å²) in [6, 6.07) is 11.3. The van der Waals surface area contributed by atoms with Crippen LogP contribution in [0, 0.1) is 5.92 Å². The Morgan fingerprint density at radius 1 is 1.35 bits per heavy atom. The van der Waals surface area contributed by atoms with Gasteiger partial charge in [-0.1, -0.05) is 44.2 Å². The van der Waals surface area contributed by atoms with Crippen LogP contribution in [-0.4, -0.2) is 25.6 Å². The van der Waals surface area contributed by atoms with Crippen molar-refractivity contribution < 1.29 is 0 Å². The maximum absolute atomic E-state index is 4.27. The zero-order valence-corrected chi connectivity index (χ0v) is 14.9. The Balaban J connectivity index is 0.00000200. The molecule has 1 saturated carbocycles. The van der Waals surface area contributed by atoms with Crippen LogP contribution in [0.4, 0.5) is 0 Å². The average molecular weight is 387 g/mol. The minimum Gasteiger partial charge on any atom is -0.356 e. The van der Waals surface area contributed by atoms with Crippen molar-refractivity contribution in [3.63, 3.8) is 0 Å². The van der Waals surface area contributed by atoms with Crippen LogP contribution in [0.3, 0.4) is 0 Å². The predicted octanol–water partition coefficient (Wildman–Crippen LogP) is 3.37. The molecule has 2 rings (SSSR count). The van der Waals surface area contributed by atoms with Crippen molar-refractivity contribution in [1.82, 2.24) is 10.6 Å². The molecule has 3 nitrogen and oxygen atoms in total. The van der Waals surface area contributed by atoms with Gasteiger partial charge in [0.15, 0.2) is 5.96 Å². The molecule has 1 aromatic carbocycles. The van der Waals surface area contributed by atoms with Gasteiger partial charge in [-0.25, -0.2) is 0 Å². The van der Waals surface area contributed by atoms with E-state index in [2.05, 4.69) is 59.8 Å². The number of guanidine groups is 1. The van der Waals surface area contributed by atoms with Crippen LogP contribution in [0.5, 0.6) is 0 Å². The molecule has 0 amide bonds. The fraction of sp³-hybridized carbons (Fsp3) is 0.562. The molecule has 1 aliphatic carbocycles. The minimum absolute atomic E-state index is 0. The Labute approximate surface area is 139 Å². The first-order chi connectivity index (χ1) is 9.20. The lowest BCUT2D eigenvalue weighted by atomic mass is 9.98. The van der Waals surface area contributed by atoms with Crippen molar-refractivity contribution in [1.29, 1.82) is 0 Å². The smallest absolute Gasteiger partial charge is 0.191 e. The van der Waals surface area contributed by atoms with E-state index in [0.29, 0.717) is 12.0 Å². The van der Waals surface area contributed by atoms with Crippen LogP contribution in [0.2, 0.25) is 0 Å². The van der Waals surface area contributed by atoms with Crippen LogP contribution in [0.25, 0.3) is 0 Å². The second kappa shape index (κ2) is 8.49. The Morgan fingerprint density at radius 2 is 2.00 bits per heavy atom. The SMILES string of the molecule is CN=C(NCCC(C)c1ccccc1)NC1CC1C.I. The molecule has 1 aromatic rings. The van der Waals surface area contributed by atoms with Gasteiger partial charge >= 0.3 is 0 Å². The summed E-state index contributed by atoms with van der Waals surface area (Å²) in [6.07, 6.45) is 2.38. The summed E-state index contributed by atoms with van der Waals surface area (Å²) >= 11 is 0. The molecule has 112 valence electrons. The summed E-state index contributed by atoms with van der Waals surface area (Å²) in [4.78, 5) is 4.27. The summed E-state index contributed by atoms with van der Waals surface area (Å²) in [5.41, 5.74) is 1.41. The molecule has 0 bridgehead atoms. The third kappa shape index (κ3) is 5.31. The fourth-order valence-electron chi connectivity index (χ4n) is 2.25. The van der Waals surface area contributed by atoms with Crippen LogP contribution in [-0.2, 0) is 0 Å². The van der Waals surface area contributed by atoms with Gasteiger partial charge < -0.3 is 10.6 Å². The molecular weight excluding hydrogens is 361 g/mol. The molecule has 0 radical (unpaired) electrons. The van der Waals surface area contributed by atoms with Crippen LogP contribution in [0.1, 0.15) is 38.2 Å². The van der Waals surface area contributed by atoms with E-state index in [4.69, 9.17) is 0 Å². The number of nitrogens with one attached hydrogen (secondary N) is 2. The largest absolute Gasteiger partial charge is 0.356 e. The van der Waals surface area contributed by atoms with Gasteiger partial charge in [0.1, 0.15) is 0 Å². The van der Waals surface area contributed by atoms with Crippen molar-refractivity contribution in [2.45, 2.75) is 38.6 Å². The molecule has 0 aliphatic heterocycles. The molecule has 20 heavy (non-hydrogen) atoms. The zero-order valence-electron chi connectivity index (χ0n) is 12.6. The number of hydrogen-bond acceptors (Lipinski definition) is 1. The van der Waals surface area contributed by atoms with Crippen LogP contribution in [0.15, 0.2) is 35.3 Å². The Bertz CT molecular complexity index is 419. The summed E-state index contributed by atoms with van der Waals surface area (Å²) in [7, 11) is 1.84. The Hall–Kier alpha value is -0.780. The minimum atomic E-state index is 0. The number of rotatable bonds is 5. The molecule has 0 heterocycles. The number of benzene rings is 1. The maximum Gasteiger partial charge on any atom is 0.191 e. The number of hydrogen-bond donors (Lipinski definition) is 2. The molecule has 3 atom stereocenters. The van der Waals surface area contributed by atoms with Crippen LogP contribution >= 0.6 is 24.0 Å². The van der Waals surface area contributed by atoms with Gasteiger partial charge in [0, 0.05) is 19.6 Å². The first-order valence-electron chi connectivity index (χ1n) is 7.23. The molecule has 0 spiro atoms. The lowest BCUT2D eigenvalue weighted by molar-refractivity contribution is 0.649. The van der Waals surface area contributed by atoms with E-state index >= 15 is 0 Å². The van der Waals surface area contributed by atoms with E-state index in [1.807, 2.05) is 7.05 Å². The monoisotopic (exact) mass is 387 g/mol. The van der Waals surface area contributed by atoms with E-state index in [1.165, 1.54) is 12.0 Å². The number of aliphatic imine (C=N–C) groups is 1. The van der Waals surface area contributed by atoms with Crippen molar-refractivity contribution in [2.24, 2.45) is 10.9 Å². The summed E-state index contributed by atoms with van der Waals surface area (Å²) in [6.45, 7) is 5.50. The summed E-state index contributed by atoms with van der Waals surface area (Å²) in [5, 5.41) is 6.84. The molecule has 0 saturated heterocycles. The van der Waals surface area contributed by atoms with Gasteiger partial charge in [-0.05, 0) is 30.2 Å². The summed E-state index contributed by atoms with van der Waals surface area (Å²) < 4.78 is 0. The fourth-order valence-corrected chi connectivity index (χ4v) is 2.25. The summed E-state index contributed by atoms with van der Waals surface area (Å²) in [5.74, 6) is 2.31. The Morgan fingerprint density at radius 3 is 2.55 bits per heavy atom. The van der Waals surface area contributed by atoms with Crippen molar-refractivity contribution in [3.05, 3.63) is 35.9 Å². The average Bonchev–Trinajstić information content (AvgIpc) is 3.13. The van der Waals surface area contributed by atoms with Gasteiger partial charge in [-0.15, -0.1) is 24.0 Å². The second-order valence-electron chi connectivity index (χ2n) is 5.56. The van der Waals surface area contributed by atoms with E-state index in [1.54, 1.807) is 0 Å². The molecule has 1 fully saturated rings.